The van der Waals surface area contributed by atoms with Crippen LogP contribution in [0.3, 0.4) is 0 Å². The van der Waals surface area contributed by atoms with Crippen molar-refractivity contribution in [2.45, 2.75) is 32.5 Å². The summed E-state index contributed by atoms with van der Waals surface area (Å²) in [6, 6.07) is 17.9. The zero-order valence-corrected chi connectivity index (χ0v) is 18.4. The second kappa shape index (κ2) is 14.9. The molecule has 0 heterocycles. The van der Waals surface area contributed by atoms with Gasteiger partial charge >= 0.3 is 24.2 Å². The van der Waals surface area contributed by atoms with E-state index >= 15 is 0 Å². The molecule has 0 fully saturated rings. The molecule has 0 aliphatic rings. The molecule has 182 valence electrons. The molecule has 10 heteroatoms. The molecule has 10 nitrogen and oxygen atoms in total. The largest absolute Gasteiger partial charge is 0.511 e. The molecular weight excluding hydrogens is 448 g/mol. The van der Waals surface area contributed by atoms with Crippen LogP contribution in [-0.2, 0) is 46.5 Å². The molecular formula is C24H26O10. The molecule has 0 spiro atoms. The Balaban J connectivity index is 1.74. The maximum Gasteiger partial charge on any atom is 0.511 e. The lowest BCUT2D eigenvalue weighted by Crippen LogP contribution is -2.26. The Labute approximate surface area is 196 Å². The number of esters is 1. The first-order valence-corrected chi connectivity index (χ1v) is 10.5. The summed E-state index contributed by atoms with van der Waals surface area (Å²) in [5.41, 5.74) is 1.51. The highest BCUT2D eigenvalue weighted by Crippen LogP contribution is 2.13. The van der Waals surface area contributed by atoms with E-state index in [1.54, 1.807) is 48.5 Å². The smallest absolute Gasteiger partial charge is 0.481 e. The average Bonchev–Trinajstić information content (AvgIpc) is 2.84. The van der Waals surface area contributed by atoms with Gasteiger partial charge in [-0.1, -0.05) is 60.7 Å². The predicted molar refractivity (Wildman–Crippen MR) is 116 cm³/mol. The minimum absolute atomic E-state index is 0.00721. The quantitative estimate of drug-likeness (QED) is 0.257. The summed E-state index contributed by atoms with van der Waals surface area (Å²) in [6.45, 7) is -1.11. The monoisotopic (exact) mass is 474 g/mol. The number of hydrogen-bond donors (Lipinski definition) is 1. The molecule has 2 aromatic carbocycles. The maximum absolute atomic E-state index is 12.3. The second-order valence-corrected chi connectivity index (χ2v) is 7.07. The van der Waals surface area contributed by atoms with Gasteiger partial charge in [-0.2, -0.15) is 0 Å². The van der Waals surface area contributed by atoms with Crippen molar-refractivity contribution in [2.24, 2.45) is 5.92 Å². The lowest BCUT2D eigenvalue weighted by atomic mass is 10.0. The minimum atomic E-state index is -1.03. The molecule has 2 rings (SSSR count). The van der Waals surface area contributed by atoms with Crippen molar-refractivity contribution in [1.29, 1.82) is 0 Å². The number of carboxylic acid groups (broad SMARTS) is 1. The van der Waals surface area contributed by atoms with Crippen LogP contribution in [0, 0.1) is 5.92 Å². The van der Waals surface area contributed by atoms with Crippen molar-refractivity contribution >= 4 is 24.2 Å². The highest BCUT2D eigenvalue weighted by molar-refractivity contribution is 5.73. The predicted octanol–water partition coefficient (Wildman–Crippen LogP) is 4.07. The molecule has 0 amide bonds. The summed E-state index contributed by atoms with van der Waals surface area (Å²) in [4.78, 5) is 46.6. The number of aliphatic carboxylic acids is 1. The van der Waals surface area contributed by atoms with Gasteiger partial charge in [0.05, 0.1) is 5.92 Å². The molecule has 2 aromatic rings. The summed E-state index contributed by atoms with van der Waals surface area (Å²) >= 11 is 0. The van der Waals surface area contributed by atoms with Crippen LogP contribution in [0.25, 0.3) is 0 Å². The van der Waals surface area contributed by atoms with E-state index in [4.69, 9.17) is 28.8 Å². The fourth-order valence-corrected chi connectivity index (χ4v) is 2.71. The van der Waals surface area contributed by atoms with E-state index in [2.05, 4.69) is 0 Å². The summed E-state index contributed by atoms with van der Waals surface area (Å²) in [7, 11) is 0. The van der Waals surface area contributed by atoms with Gasteiger partial charge < -0.3 is 28.8 Å². The lowest BCUT2D eigenvalue weighted by molar-refractivity contribution is -0.160. The molecule has 0 saturated carbocycles. The summed E-state index contributed by atoms with van der Waals surface area (Å²) in [5.74, 6) is -2.82. The van der Waals surface area contributed by atoms with Gasteiger partial charge in [0.15, 0.2) is 0 Å². The summed E-state index contributed by atoms with van der Waals surface area (Å²) in [6.07, 6.45) is -1.96. The van der Waals surface area contributed by atoms with Crippen molar-refractivity contribution in [3.8, 4) is 0 Å². The van der Waals surface area contributed by atoms with Gasteiger partial charge in [0.25, 0.3) is 0 Å². The minimum Gasteiger partial charge on any atom is -0.481 e. The number of carboxylic acids is 1. The molecule has 34 heavy (non-hydrogen) atoms. The second-order valence-electron chi connectivity index (χ2n) is 7.07. The van der Waals surface area contributed by atoms with Gasteiger partial charge in [-0.05, 0) is 24.0 Å². The van der Waals surface area contributed by atoms with Gasteiger partial charge in [0.1, 0.15) is 19.8 Å². The maximum atomic E-state index is 12.3. The van der Waals surface area contributed by atoms with Gasteiger partial charge in [-0.15, -0.1) is 0 Å². The van der Waals surface area contributed by atoms with Crippen LogP contribution in [-0.4, -0.2) is 42.8 Å². The van der Waals surface area contributed by atoms with Crippen molar-refractivity contribution < 1.29 is 48.0 Å². The summed E-state index contributed by atoms with van der Waals surface area (Å²) in [5, 5.41) is 8.80. The molecule has 0 aromatic heterocycles. The number of carbonyl (C=O) groups excluding carboxylic acids is 3. The van der Waals surface area contributed by atoms with Gasteiger partial charge in [-0.25, -0.2) is 9.59 Å². The van der Waals surface area contributed by atoms with Gasteiger partial charge in [0, 0.05) is 6.42 Å². The standard InChI is InChI=1S/C24H26O10/c25-21(26)13-7-12-20(16-32-23(28)30-14-18-8-3-1-4-9-18)22(27)33-17-34-24(29)31-15-19-10-5-2-6-11-19/h1-6,8-11,20H,7,12-17H2,(H,25,26). The normalized spacial score (nSPS) is 11.1. The first-order chi connectivity index (χ1) is 16.4. The zero-order chi connectivity index (χ0) is 24.6. The van der Waals surface area contributed by atoms with Crippen LogP contribution >= 0.6 is 0 Å². The molecule has 0 radical (unpaired) electrons. The zero-order valence-electron chi connectivity index (χ0n) is 18.4. The van der Waals surface area contributed by atoms with Crippen molar-refractivity contribution in [2.75, 3.05) is 13.4 Å². The third-order valence-corrected chi connectivity index (χ3v) is 4.46. The Hall–Kier alpha value is -4.08. The van der Waals surface area contributed by atoms with E-state index in [9.17, 15) is 19.2 Å². The van der Waals surface area contributed by atoms with E-state index in [1.807, 2.05) is 12.1 Å². The van der Waals surface area contributed by atoms with E-state index in [1.165, 1.54) is 0 Å². The Kier molecular flexibility index (Phi) is 11.5. The van der Waals surface area contributed by atoms with E-state index in [-0.39, 0.29) is 39.1 Å². The van der Waals surface area contributed by atoms with Gasteiger partial charge in [-0.3, -0.25) is 9.59 Å². The average molecular weight is 474 g/mol. The van der Waals surface area contributed by atoms with Crippen LogP contribution in [0.5, 0.6) is 0 Å². The highest BCUT2D eigenvalue weighted by Gasteiger charge is 2.23. The highest BCUT2D eigenvalue weighted by atomic mass is 16.8. The fourth-order valence-electron chi connectivity index (χ4n) is 2.71. The van der Waals surface area contributed by atoms with Crippen LogP contribution in [0.4, 0.5) is 9.59 Å². The Bertz CT molecular complexity index is 914. The molecule has 1 N–H and O–H groups in total. The Morgan fingerprint density at radius 1 is 0.706 bits per heavy atom. The van der Waals surface area contributed by atoms with E-state index in [0.29, 0.717) is 0 Å². The van der Waals surface area contributed by atoms with Crippen molar-refractivity contribution in [3.63, 3.8) is 0 Å². The number of hydrogen-bond acceptors (Lipinski definition) is 9. The number of carbonyl (C=O) groups is 4. The van der Waals surface area contributed by atoms with Crippen LogP contribution in [0.15, 0.2) is 60.7 Å². The molecule has 0 saturated heterocycles. The third kappa shape index (κ3) is 11.0. The fraction of sp³-hybridized carbons (Fsp3) is 0.333. The van der Waals surface area contributed by atoms with E-state index < -0.39 is 37.0 Å². The van der Waals surface area contributed by atoms with Gasteiger partial charge in [0.2, 0.25) is 6.79 Å². The van der Waals surface area contributed by atoms with Crippen LogP contribution in [0.1, 0.15) is 30.4 Å². The first-order valence-electron chi connectivity index (χ1n) is 10.5. The van der Waals surface area contributed by atoms with Crippen LogP contribution in [0.2, 0.25) is 0 Å². The first kappa shape index (κ1) is 26.2. The molecule has 0 aliphatic carbocycles. The molecule has 1 atom stereocenters. The van der Waals surface area contributed by atoms with Crippen molar-refractivity contribution in [3.05, 3.63) is 71.8 Å². The third-order valence-electron chi connectivity index (χ3n) is 4.46. The lowest BCUT2D eigenvalue weighted by Gasteiger charge is -2.16. The topological polar surface area (TPSA) is 135 Å². The molecule has 1 unspecified atom stereocenters. The summed E-state index contributed by atoms with van der Waals surface area (Å²) < 4.78 is 24.5. The number of ether oxygens (including phenoxy) is 5. The number of benzene rings is 2. The van der Waals surface area contributed by atoms with E-state index in [0.717, 1.165) is 11.1 Å². The molecule has 0 aliphatic heterocycles. The van der Waals surface area contributed by atoms with Crippen LogP contribution < -0.4 is 0 Å². The Morgan fingerprint density at radius 2 is 1.24 bits per heavy atom. The van der Waals surface area contributed by atoms with Crippen molar-refractivity contribution in [1.82, 2.24) is 0 Å². The Morgan fingerprint density at radius 3 is 1.76 bits per heavy atom. The SMILES string of the molecule is O=C(O)CCCC(COC(=O)OCc1ccccc1)C(=O)OCOC(=O)OCc1ccccc1. The molecule has 0 bridgehead atoms. The number of rotatable bonds is 13.